The molecule has 0 unspecified atom stereocenters. The Labute approximate surface area is 136 Å². The Bertz CT molecular complexity index is 611. The van der Waals surface area contributed by atoms with E-state index in [1.165, 1.54) is 0 Å². The molecule has 0 saturated heterocycles. The molecule has 4 heteroatoms. The fourth-order valence-corrected chi connectivity index (χ4v) is 2.44. The SMILES string of the molecule is C[C@@H](N[C@H](C(=O)N(C)C)c1ccccc1)c1ccc(Cl)cc1. The molecule has 0 aromatic heterocycles. The summed E-state index contributed by atoms with van der Waals surface area (Å²) in [6.45, 7) is 2.04. The molecule has 0 radical (unpaired) electrons. The molecule has 2 aromatic rings. The summed E-state index contributed by atoms with van der Waals surface area (Å²) in [5.74, 6) is 0.0343. The van der Waals surface area contributed by atoms with Gasteiger partial charge in [-0.3, -0.25) is 10.1 Å². The molecule has 0 fully saturated rings. The van der Waals surface area contributed by atoms with Crippen LogP contribution in [0.5, 0.6) is 0 Å². The predicted octanol–water partition coefficient (Wildman–Crippen LogP) is 3.82. The number of amides is 1. The largest absolute Gasteiger partial charge is 0.347 e. The van der Waals surface area contributed by atoms with Gasteiger partial charge in [-0.1, -0.05) is 54.1 Å². The Balaban J connectivity index is 2.23. The fraction of sp³-hybridized carbons (Fsp3) is 0.278. The minimum atomic E-state index is -0.373. The number of hydrogen-bond donors (Lipinski definition) is 1. The number of rotatable bonds is 5. The van der Waals surface area contributed by atoms with Crippen LogP contribution in [-0.4, -0.2) is 24.9 Å². The van der Waals surface area contributed by atoms with Crippen LogP contribution in [0.3, 0.4) is 0 Å². The van der Waals surface area contributed by atoms with Crippen molar-refractivity contribution in [1.82, 2.24) is 10.2 Å². The van der Waals surface area contributed by atoms with Crippen LogP contribution in [0.4, 0.5) is 0 Å². The van der Waals surface area contributed by atoms with Gasteiger partial charge in [-0.2, -0.15) is 0 Å². The quantitative estimate of drug-likeness (QED) is 0.909. The zero-order chi connectivity index (χ0) is 16.1. The second-order valence-corrected chi connectivity index (χ2v) is 5.95. The van der Waals surface area contributed by atoms with Crippen molar-refractivity contribution < 1.29 is 4.79 Å². The zero-order valence-corrected chi connectivity index (χ0v) is 13.8. The Kier molecular flexibility index (Phi) is 5.58. The highest BCUT2D eigenvalue weighted by molar-refractivity contribution is 6.30. The minimum Gasteiger partial charge on any atom is -0.347 e. The third-order valence-electron chi connectivity index (χ3n) is 3.61. The van der Waals surface area contributed by atoms with Crippen molar-refractivity contribution in [3.05, 3.63) is 70.7 Å². The molecule has 1 amide bonds. The molecule has 2 aromatic carbocycles. The van der Waals surface area contributed by atoms with Gasteiger partial charge in [-0.05, 0) is 30.2 Å². The maximum absolute atomic E-state index is 12.5. The molecule has 0 spiro atoms. The number of carbonyl (C=O) groups excluding carboxylic acids is 1. The van der Waals surface area contributed by atoms with Crippen LogP contribution in [0.15, 0.2) is 54.6 Å². The summed E-state index contributed by atoms with van der Waals surface area (Å²) in [5.41, 5.74) is 2.05. The van der Waals surface area contributed by atoms with E-state index in [0.717, 1.165) is 11.1 Å². The predicted molar refractivity (Wildman–Crippen MR) is 90.9 cm³/mol. The van der Waals surface area contributed by atoms with Gasteiger partial charge in [0.15, 0.2) is 0 Å². The van der Waals surface area contributed by atoms with Gasteiger partial charge in [-0.15, -0.1) is 0 Å². The molecule has 0 saturated carbocycles. The van der Waals surface area contributed by atoms with E-state index in [4.69, 9.17) is 11.6 Å². The van der Waals surface area contributed by atoms with Crippen LogP contribution in [0.25, 0.3) is 0 Å². The first kappa shape index (κ1) is 16.5. The third kappa shape index (κ3) is 4.09. The highest BCUT2D eigenvalue weighted by Crippen LogP contribution is 2.22. The lowest BCUT2D eigenvalue weighted by atomic mass is 10.0. The Morgan fingerprint density at radius 3 is 2.14 bits per heavy atom. The first-order valence-electron chi connectivity index (χ1n) is 7.26. The Morgan fingerprint density at radius 2 is 1.59 bits per heavy atom. The molecule has 0 aliphatic carbocycles. The van der Waals surface area contributed by atoms with Crippen LogP contribution in [0.2, 0.25) is 5.02 Å². The average Bonchev–Trinajstić information content (AvgIpc) is 2.53. The van der Waals surface area contributed by atoms with Crippen molar-refractivity contribution in [1.29, 1.82) is 0 Å². The van der Waals surface area contributed by atoms with Gasteiger partial charge in [0, 0.05) is 25.2 Å². The van der Waals surface area contributed by atoms with Gasteiger partial charge >= 0.3 is 0 Å². The molecule has 0 heterocycles. The summed E-state index contributed by atoms with van der Waals surface area (Å²) in [6.07, 6.45) is 0. The summed E-state index contributed by atoms with van der Waals surface area (Å²) >= 11 is 5.93. The Hall–Kier alpha value is -1.84. The summed E-state index contributed by atoms with van der Waals surface area (Å²) in [4.78, 5) is 14.1. The zero-order valence-electron chi connectivity index (χ0n) is 13.1. The fourth-order valence-electron chi connectivity index (χ4n) is 2.31. The van der Waals surface area contributed by atoms with Crippen molar-refractivity contribution >= 4 is 17.5 Å². The van der Waals surface area contributed by atoms with Gasteiger partial charge in [0.25, 0.3) is 0 Å². The maximum Gasteiger partial charge on any atom is 0.243 e. The van der Waals surface area contributed by atoms with E-state index < -0.39 is 0 Å². The lowest BCUT2D eigenvalue weighted by Crippen LogP contribution is -2.38. The number of nitrogens with one attached hydrogen (secondary N) is 1. The van der Waals surface area contributed by atoms with Crippen molar-refractivity contribution in [3.8, 4) is 0 Å². The first-order valence-corrected chi connectivity index (χ1v) is 7.64. The average molecular weight is 317 g/mol. The van der Waals surface area contributed by atoms with Crippen LogP contribution in [-0.2, 0) is 4.79 Å². The highest BCUT2D eigenvalue weighted by atomic mass is 35.5. The van der Waals surface area contributed by atoms with Crippen molar-refractivity contribution in [2.75, 3.05) is 14.1 Å². The van der Waals surface area contributed by atoms with E-state index in [0.29, 0.717) is 5.02 Å². The number of nitrogens with zero attached hydrogens (tertiary/aromatic N) is 1. The number of likely N-dealkylation sites (N-methyl/N-ethyl adjacent to an activating group) is 1. The number of halogens is 1. The van der Waals surface area contributed by atoms with Gasteiger partial charge < -0.3 is 4.90 Å². The molecule has 2 atom stereocenters. The molecule has 116 valence electrons. The highest BCUT2D eigenvalue weighted by Gasteiger charge is 2.24. The van der Waals surface area contributed by atoms with Gasteiger partial charge in [0.1, 0.15) is 6.04 Å². The van der Waals surface area contributed by atoms with Gasteiger partial charge in [0.05, 0.1) is 0 Å². The summed E-state index contributed by atoms with van der Waals surface area (Å²) < 4.78 is 0. The molecule has 0 bridgehead atoms. The van der Waals surface area contributed by atoms with E-state index in [2.05, 4.69) is 5.32 Å². The number of carbonyl (C=O) groups is 1. The van der Waals surface area contributed by atoms with Gasteiger partial charge in [-0.25, -0.2) is 0 Å². The first-order chi connectivity index (χ1) is 10.5. The van der Waals surface area contributed by atoms with E-state index in [-0.39, 0.29) is 18.0 Å². The van der Waals surface area contributed by atoms with Gasteiger partial charge in [0.2, 0.25) is 5.91 Å². The summed E-state index contributed by atoms with van der Waals surface area (Å²) in [6, 6.07) is 17.1. The molecule has 0 aliphatic heterocycles. The monoisotopic (exact) mass is 316 g/mol. The molecule has 0 aliphatic rings. The maximum atomic E-state index is 12.5. The lowest BCUT2D eigenvalue weighted by molar-refractivity contribution is -0.131. The standard InChI is InChI=1S/C18H21ClN2O/c1-13(14-9-11-16(19)12-10-14)20-17(18(22)21(2)3)15-7-5-4-6-8-15/h4-13,17,20H,1-3H3/t13-,17+/m1/s1. The van der Waals surface area contributed by atoms with Crippen LogP contribution in [0.1, 0.15) is 30.1 Å². The second kappa shape index (κ2) is 7.43. The molecular weight excluding hydrogens is 296 g/mol. The minimum absolute atomic E-state index is 0.0337. The number of benzene rings is 2. The molecule has 3 nitrogen and oxygen atoms in total. The smallest absolute Gasteiger partial charge is 0.243 e. The normalized spacial score (nSPS) is 13.5. The topological polar surface area (TPSA) is 32.3 Å². The van der Waals surface area contributed by atoms with Crippen molar-refractivity contribution in [2.45, 2.75) is 19.0 Å². The van der Waals surface area contributed by atoms with Crippen molar-refractivity contribution in [3.63, 3.8) is 0 Å². The molecular formula is C18H21ClN2O. The Morgan fingerprint density at radius 1 is 1.00 bits per heavy atom. The molecule has 22 heavy (non-hydrogen) atoms. The van der Waals surface area contributed by atoms with E-state index in [1.54, 1.807) is 19.0 Å². The molecule has 1 N–H and O–H groups in total. The van der Waals surface area contributed by atoms with E-state index in [1.807, 2.05) is 61.5 Å². The summed E-state index contributed by atoms with van der Waals surface area (Å²) in [5, 5.41) is 4.12. The molecule has 2 rings (SSSR count). The van der Waals surface area contributed by atoms with Crippen molar-refractivity contribution in [2.24, 2.45) is 0 Å². The van der Waals surface area contributed by atoms with Crippen LogP contribution < -0.4 is 5.32 Å². The van der Waals surface area contributed by atoms with Crippen LogP contribution >= 0.6 is 11.6 Å². The number of hydrogen-bond acceptors (Lipinski definition) is 2. The lowest BCUT2D eigenvalue weighted by Gasteiger charge is -2.26. The van der Waals surface area contributed by atoms with E-state index >= 15 is 0 Å². The third-order valence-corrected chi connectivity index (χ3v) is 3.86. The second-order valence-electron chi connectivity index (χ2n) is 5.52. The van der Waals surface area contributed by atoms with Crippen LogP contribution in [0, 0.1) is 0 Å². The summed E-state index contributed by atoms with van der Waals surface area (Å²) in [7, 11) is 3.54. The van der Waals surface area contributed by atoms with E-state index in [9.17, 15) is 4.79 Å².